The molecule has 1 N–H and O–H groups in total. The topological polar surface area (TPSA) is 81.4 Å². The Morgan fingerprint density at radius 2 is 1.67 bits per heavy atom. The first-order chi connectivity index (χ1) is 13.0. The molecule has 1 aromatic heterocycles. The number of amides is 1. The van der Waals surface area contributed by atoms with Crippen LogP contribution >= 0.6 is 0 Å². The molecule has 6 nitrogen and oxygen atoms in total. The lowest BCUT2D eigenvalue weighted by atomic mass is 10.0. The molecular formula is C21H20N2O4. The highest BCUT2D eigenvalue weighted by molar-refractivity contribution is 5.96. The van der Waals surface area contributed by atoms with Crippen molar-refractivity contribution in [3.05, 3.63) is 77.2 Å². The molecule has 3 aromatic rings. The van der Waals surface area contributed by atoms with E-state index in [0.717, 1.165) is 16.7 Å². The van der Waals surface area contributed by atoms with Crippen molar-refractivity contribution < 1.29 is 18.8 Å². The van der Waals surface area contributed by atoms with Crippen molar-refractivity contribution in [3.63, 3.8) is 0 Å². The minimum Gasteiger partial charge on any atom is -0.459 e. The van der Waals surface area contributed by atoms with Crippen LogP contribution in [0.5, 0.6) is 0 Å². The highest BCUT2D eigenvalue weighted by atomic mass is 16.5. The fourth-order valence-electron chi connectivity index (χ4n) is 2.61. The predicted molar refractivity (Wildman–Crippen MR) is 100.0 cm³/mol. The van der Waals surface area contributed by atoms with Crippen LogP contribution < -0.4 is 5.32 Å². The molecule has 0 saturated heterocycles. The third-order valence-corrected chi connectivity index (χ3v) is 4.21. The van der Waals surface area contributed by atoms with Crippen LogP contribution in [-0.4, -0.2) is 23.6 Å². The van der Waals surface area contributed by atoms with Gasteiger partial charge < -0.3 is 14.6 Å². The lowest BCUT2D eigenvalue weighted by molar-refractivity contribution is -0.143. The number of carbonyl (C=O) groups excluding carboxylic acids is 2. The van der Waals surface area contributed by atoms with Crippen molar-refractivity contribution >= 4 is 11.9 Å². The van der Waals surface area contributed by atoms with Gasteiger partial charge in [-0.05, 0) is 37.1 Å². The molecule has 0 fully saturated rings. The predicted octanol–water partition coefficient (Wildman–Crippen LogP) is 3.43. The van der Waals surface area contributed by atoms with Crippen molar-refractivity contribution in [1.29, 1.82) is 0 Å². The van der Waals surface area contributed by atoms with Crippen molar-refractivity contribution in [2.24, 2.45) is 0 Å². The molecule has 0 aliphatic heterocycles. The summed E-state index contributed by atoms with van der Waals surface area (Å²) in [4.78, 5) is 24.0. The Bertz CT molecular complexity index is 911. The molecule has 0 saturated carbocycles. The summed E-state index contributed by atoms with van der Waals surface area (Å²) in [5.41, 5.74) is 4.00. The zero-order valence-electron chi connectivity index (χ0n) is 15.2. The number of rotatable bonds is 6. The molecule has 0 aliphatic carbocycles. The molecule has 1 amide bonds. The molecule has 0 aliphatic rings. The van der Waals surface area contributed by atoms with Crippen LogP contribution in [-0.2, 0) is 16.1 Å². The standard InChI is InChI=1S/C21H20N2O4/c1-14-19(15(2)27-23-14)13-26-20(24)12-22-21(25)18-10-8-17(9-11-18)16-6-4-3-5-7-16/h3-11H,12-13H2,1-2H3,(H,22,25). The first-order valence-electron chi connectivity index (χ1n) is 8.55. The minimum atomic E-state index is -0.524. The van der Waals surface area contributed by atoms with Gasteiger partial charge in [-0.1, -0.05) is 47.6 Å². The van der Waals surface area contributed by atoms with Gasteiger partial charge in [0.25, 0.3) is 5.91 Å². The smallest absolute Gasteiger partial charge is 0.325 e. The highest BCUT2D eigenvalue weighted by Crippen LogP contribution is 2.19. The fourth-order valence-corrected chi connectivity index (χ4v) is 2.61. The van der Waals surface area contributed by atoms with Gasteiger partial charge in [-0.2, -0.15) is 0 Å². The first-order valence-corrected chi connectivity index (χ1v) is 8.55. The van der Waals surface area contributed by atoms with Gasteiger partial charge in [0, 0.05) is 5.56 Å². The Kier molecular flexibility index (Phi) is 5.66. The van der Waals surface area contributed by atoms with Crippen molar-refractivity contribution in [1.82, 2.24) is 10.5 Å². The SMILES string of the molecule is Cc1noc(C)c1COC(=O)CNC(=O)c1ccc(-c2ccccc2)cc1. The number of benzene rings is 2. The molecule has 27 heavy (non-hydrogen) atoms. The summed E-state index contributed by atoms with van der Waals surface area (Å²) in [5.74, 6) is -0.240. The van der Waals surface area contributed by atoms with Crippen LogP contribution in [0.2, 0.25) is 0 Å². The Hall–Kier alpha value is -3.41. The monoisotopic (exact) mass is 364 g/mol. The molecule has 3 rings (SSSR count). The third kappa shape index (κ3) is 4.61. The molecule has 0 spiro atoms. The van der Waals surface area contributed by atoms with Gasteiger partial charge in [0.2, 0.25) is 0 Å². The van der Waals surface area contributed by atoms with E-state index < -0.39 is 5.97 Å². The van der Waals surface area contributed by atoms with E-state index in [2.05, 4.69) is 10.5 Å². The van der Waals surface area contributed by atoms with Crippen molar-refractivity contribution in [2.75, 3.05) is 6.54 Å². The second kappa shape index (κ2) is 8.31. The average molecular weight is 364 g/mol. The maximum Gasteiger partial charge on any atom is 0.325 e. The molecule has 0 radical (unpaired) electrons. The van der Waals surface area contributed by atoms with E-state index in [1.165, 1.54) is 0 Å². The van der Waals surface area contributed by atoms with Crippen LogP contribution in [0.25, 0.3) is 11.1 Å². The zero-order valence-corrected chi connectivity index (χ0v) is 15.2. The van der Waals surface area contributed by atoms with Crippen LogP contribution in [0.4, 0.5) is 0 Å². The quantitative estimate of drug-likeness (QED) is 0.678. The normalized spacial score (nSPS) is 10.4. The van der Waals surface area contributed by atoms with E-state index in [1.54, 1.807) is 26.0 Å². The Morgan fingerprint density at radius 3 is 2.30 bits per heavy atom. The first kappa shape index (κ1) is 18.4. The lowest BCUT2D eigenvalue weighted by Gasteiger charge is -2.07. The summed E-state index contributed by atoms with van der Waals surface area (Å²) in [6.07, 6.45) is 0. The number of esters is 1. The van der Waals surface area contributed by atoms with Gasteiger partial charge in [-0.15, -0.1) is 0 Å². The summed E-state index contributed by atoms with van der Waals surface area (Å²) in [6.45, 7) is 3.40. The van der Waals surface area contributed by atoms with E-state index in [4.69, 9.17) is 9.26 Å². The van der Waals surface area contributed by atoms with E-state index >= 15 is 0 Å². The van der Waals surface area contributed by atoms with E-state index in [9.17, 15) is 9.59 Å². The molecule has 0 bridgehead atoms. The number of hydrogen-bond acceptors (Lipinski definition) is 5. The van der Waals surface area contributed by atoms with Crippen molar-refractivity contribution in [2.45, 2.75) is 20.5 Å². The molecule has 0 atom stereocenters. The Balaban J connectivity index is 1.51. The van der Waals surface area contributed by atoms with Crippen LogP contribution in [0.3, 0.4) is 0 Å². The van der Waals surface area contributed by atoms with Gasteiger partial charge >= 0.3 is 5.97 Å². The maximum atomic E-state index is 12.2. The van der Waals surface area contributed by atoms with Crippen LogP contribution in [0.1, 0.15) is 27.4 Å². The summed E-state index contributed by atoms with van der Waals surface area (Å²) >= 11 is 0. The second-order valence-electron chi connectivity index (χ2n) is 6.09. The van der Waals surface area contributed by atoms with Gasteiger partial charge in [-0.25, -0.2) is 0 Å². The third-order valence-electron chi connectivity index (χ3n) is 4.21. The zero-order chi connectivity index (χ0) is 19.2. The molecule has 138 valence electrons. The Morgan fingerprint density at radius 1 is 1.00 bits per heavy atom. The molecular weight excluding hydrogens is 344 g/mol. The lowest BCUT2D eigenvalue weighted by Crippen LogP contribution is -2.30. The minimum absolute atomic E-state index is 0.0711. The summed E-state index contributed by atoms with van der Waals surface area (Å²) < 4.78 is 10.2. The summed E-state index contributed by atoms with van der Waals surface area (Å²) in [6, 6.07) is 17.1. The number of aryl methyl sites for hydroxylation is 2. The highest BCUT2D eigenvalue weighted by Gasteiger charge is 2.13. The summed E-state index contributed by atoms with van der Waals surface area (Å²) in [5, 5.41) is 6.37. The van der Waals surface area contributed by atoms with E-state index in [0.29, 0.717) is 17.0 Å². The molecule has 2 aromatic carbocycles. The van der Waals surface area contributed by atoms with Crippen molar-refractivity contribution in [3.8, 4) is 11.1 Å². The number of nitrogens with one attached hydrogen (secondary N) is 1. The van der Waals surface area contributed by atoms with Gasteiger partial charge in [0.05, 0.1) is 11.3 Å². The number of hydrogen-bond donors (Lipinski definition) is 1. The van der Waals surface area contributed by atoms with Gasteiger partial charge in [0.15, 0.2) is 0 Å². The molecule has 6 heteroatoms. The average Bonchev–Trinajstić information content (AvgIpc) is 3.03. The Labute approximate surface area is 157 Å². The summed E-state index contributed by atoms with van der Waals surface area (Å²) in [7, 11) is 0. The van der Waals surface area contributed by atoms with E-state index in [-0.39, 0.29) is 19.1 Å². The largest absolute Gasteiger partial charge is 0.459 e. The van der Waals surface area contributed by atoms with Crippen LogP contribution in [0.15, 0.2) is 59.1 Å². The second-order valence-corrected chi connectivity index (χ2v) is 6.09. The van der Waals surface area contributed by atoms with Gasteiger partial charge in [0.1, 0.15) is 18.9 Å². The van der Waals surface area contributed by atoms with E-state index in [1.807, 2.05) is 42.5 Å². The van der Waals surface area contributed by atoms with Gasteiger partial charge in [-0.3, -0.25) is 9.59 Å². The number of aromatic nitrogens is 1. The maximum absolute atomic E-state index is 12.2. The fraction of sp³-hybridized carbons (Fsp3) is 0.190. The molecule has 0 unspecified atom stereocenters. The number of ether oxygens (including phenoxy) is 1. The van der Waals surface area contributed by atoms with Crippen LogP contribution in [0, 0.1) is 13.8 Å². The molecule has 1 heterocycles. The number of carbonyl (C=O) groups is 2. The number of nitrogens with zero attached hydrogens (tertiary/aromatic N) is 1.